The molecule has 0 saturated heterocycles. The molecule has 4 nitrogen and oxygen atoms in total. The number of nitrogens with zero attached hydrogens (tertiary/aromatic N) is 1. The molecular formula is C14H11Cl2N3OS. The zero-order chi connectivity index (χ0) is 15.0. The van der Waals surface area contributed by atoms with Crippen LogP contribution in [0, 0.1) is 0 Å². The Balaban J connectivity index is 1.96. The predicted molar refractivity (Wildman–Crippen MR) is 87.8 cm³/mol. The van der Waals surface area contributed by atoms with Crippen LogP contribution >= 0.6 is 34.5 Å². The van der Waals surface area contributed by atoms with Crippen LogP contribution in [0.25, 0.3) is 10.1 Å². The second kappa shape index (κ2) is 5.67. The minimum absolute atomic E-state index is 0.253. The van der Waals surface area contributed by atoms with Crippen LogP contribution in [0.2, 0.25) is 10.0 Å². The van der Waals surface area contributed by atoms with Crippen molar-refractivity contribution in [3.05, 3.63) is 44.9 Å². The molecule has 0 aliphatic rings. The Morgan fingerprint density at radius 2 is 2.24 bits per heavy atom. The summed E-state index contributed by atoms with van der Waals surface area (Å²) in [5.41, 5.74) is 0.948. The van der Waals surface area contributed by atoms with Crippen LogP contribution in [-0.2, 0) is 6.42 Å². The number of carbonyl (C=O) groups excluding carboxylic acids is 1. The average Bonchev–Trinajstić information content (AvgIpc) is 3.03. The number of aromatic nitrogens is 2. The molecule has 0 radical (unpaired) electrons. The Labute approximate surface area is 135 Å². The van der Waals surface area contributed by atoms with Gasteiger partial charge in [-0.1, -0.05) is 36.2 Å². The third kappa shape index (κ3) is 2.64. The van der Waals surface area contributed by atoms with Crippen LogP contribution in [0.4, 0.5) is 5.82 Å². The van der Waals surface area contributed by atoms with Crippen molar-refractivity contribution in [2.24, 2.45) is 0 Å². The molecule has 0 bridgehead atoms. The number of anilines is 1. The first-order chi connectivity index (χ1) is 10.1. The molecule has 7 heteroatoms. The van der Waals surface area contributed by atoms with Crippen molar-refractivity contribution < 1.29 is 4.79 Å². The van der Waals surface area contributed by atoms with Gasteiger partial charge < -0.3 is 5.32 Å². The molecule has 108 valence electrons. The molecule has 1 aromatic carbocycles. The number of nitrogens with one attached hydrogen (secondary N) is 2. The second-order valence-corrected chi connectivity index (χ2v) is 6.33. The molecule has 2 heterocycles. The fraction of sp³-hybridized carbons (Fsp3) is 0.143. The van der Waals surface area contributed by atoms with E-state index in [1.807, 2.05) is 13.0 Å². The van der Waals surface area contributed by atoms with E-state index >= 15 is 0 Å². The molecule has 1 amide bonds. The number of halogens is 2. The van der Waals surface area contributed by atoms with Crippen LogP contribution in [0.5, 0.6) is 0 Å². The molecule has 0 aliphatic carbocycles. The number of hydrogen-bond acceptors (Lipinski definition) is 3. The van der Waals surface area contributed by atoms with Crippen LogP contribution in [0.3, 0.4) is 0 Å². The van der Waals surface area contributed by atoms with E-state index in [1.54, 1.807) is 18.3 Å². The SMILES string of the molecule is CCc1cn[nH]c1NC(=O)c1sc2cc(Cl)ccc2c1Cl. The van der Waals surface area contributed by atoms with Crippen molar-refractivity contribution in [3.8, 4) is 0 Å². The number of carbonyl (C=O) groups is 1. The maximum absolute atomic E-state index is 12.4. The number of H-pyrrole nitrogens is 1. The van der Waals surface area contributed by atoms with E-state index in [0.29, 0.717) is 20.7 Å². The lowest BCUT2D eigenvalue weighted by Crippen LogP contribution is -2.12. The Bertz CT molecular complexity index is 825. The first-order valence-corrected chi connectivity index (χ1v) is 7.88. The van der Waals surface area contributed by atoms with E-state index < -0.39 is 0 Å². The van der Waals surface area contributed by atoms with Crippen molar-refractivity contribution in [2.75, 3.05) is 5.32 Å². The van der Waals surface area contributed by atoms with Gasteiger partial charge in [0, 0.05) is 20.7 Å². The molecule has 0 unspecified atom stereocenters. The van der Waals surface area contributed by atoms with Gasteiger partial charge in [-0.25, -0.2) is 0 Å². The molecular weight excluding hydrogens is 329 g/mol. The lowest BCUT2D eigenvalue weighted by molar-refractivity contribution is 0.103. The summed E-state index contributed by atoms with van der Waals surface area (Å²) in [7, 11) is 0. The smallest absolute Gasteiger partial charge is 0.268 e. The van der Waals surface area contributed by atoms with E-state index in [2.05, 4.69) is 15.5 Å². The normalized spacial score (nSPS) is 11.0. The predicted octanol–water partition coefficient (Wildman–Crippen LogP) is 4.75. The van der Waals surface area contributed by atoms with Crippen molar-refractivity contribution in [2.45, 2.75) is 13.3 Å². The number of aromatic amines is 1. The molecule has 0 aliphatic heterocycles. The van der Waals surface area contributed by atoms with Crippen molar-refractivity contribution in [3.63, 3.8) is 0 Å². The Morgan fingerprint density at radius 1 is 1.43 bits per heavy atom. The van der Waals surface area contributed by atoms with Gasteiger partial charge in [-0.3, -0.25) is 9.89 Å². The van der Waals surface area contributed by atoms with E-state index in [-0.39, 0.29) is 5.91 Å². The lowest BCUT2D eigenvalue weighted by atomic mass is 10.2. The number of benzene rings is 1. The molecule has 2 N–H and O–H groups in total. The first-order valence-electron chi connectivity index (χ1n) is 6.31. The standard InChI is InChI=1S/C14H11Cl2N3OS/c1-2-7-6-17-19-13(7)18-14(20)12-11(16)9-4-3-8(15)5-10(9)21-12/h3-6H,2H2,1H3,(H2,17,18,19,20). The van der Waals surface area contributed by atoms with Crippen LogP contribution in [0.1, 0.15) is 22.2 Å². The van der Waals surface area contributed by atoms with Crippen molar-refractivity contribution in [1.82, 2.24) is 10.2 Å². The number of thiophene rings is 1. The molecule has 2 aromatic heterocycles. The average molecular weight is 340 g/mol. The maximum atomic E-state index is 12.4. The van der Waals surface area contributed by atoms with E-state index in [0.717, 1.165) is 22.1 Å². The third-order valence-electron chi connectivity index (χ3n) is 3.14. The molecule has 21 heavy (non-hydrogen) atoms. The number of fused-ring (bicyclic) bond motifs is 1. The minimum atomic E-state index is -0.253. The summed E-state index contributed by atoms with van der Waals surface area (Å²) in [6.07, 6.45) is 2.48. The molecule has 0 spiro atoms. The van der Waals surface area contributed by atoms with E-state index in [9.17, 15) is 4.79 Å². The summed E-state index contributed by atoms with van der Waals surface area (Å²) in [6, 6.07) is 5.38. The number of rotatable bonds is 3. The van der Waals surface area contributed by atoms with Crippen LogP contribution < -0.4 is 5.32 Å². The summed E-state index contributed by atoms with van der Waals surface area (Å²) in [6.45, 7) is 1.99. The highest BCUT2D eigenvalue weighted by Gasteiger charge is 2.18. The zero-order valence-corrected chi connectivity index (χ0v) is 13.4. The second-order valence-electron chi connectivity index (χ2n) is 4.46. The molecule has 0 atom stereocenters. The van der Waals surface area contributed by atoms with Crippen molar-refractivity contribution in [1.29, 1.82) is 0 Å². The van der Waals surface area contributed by atoms with Crippen LogP contribution in [-0.4, -0.2) is 16.1 Å². The Kier molecular flexibility index (Phi) is 3.89. The topological polar surface area (TPSA) is 57.8 Å². The van der Waals surface area contributed by atoms with Gasteiger partial charge in [0.15, 0.2) is 0 Å². The highest BCUT2D eigenvalue weighted by atomic mass is 35.5. The van der Waals surface area contributed by atoms with Gasteiger partial charge in [0.25, 0.3) is 5.91 Å². The molecule has 0 saturated carbocycles. The van der Waals surface area contributed by atoms with Gasteiger partial charge in [0.2, 0.25) is 0 Å². The summed E-state index contributed by atoms with van der Waals surface area (Å²) >= 11 is 13.6. The Hall–Kier alpha value is -1.56. The number of aryl methyl sites for hydroxylation is 1. The highest BCUT2D eigenvalue weighted by molar-refractivity contribution is 7.21. The quantitative estimate of drug-likeness (QED) is 0.723. The van der Waals surface area contributed by atoms with Gasteiger partial charge in [-0.15, -0.1) is 11.3 Å². The zero-order valence-electron chi connectivity index (χ0n) is 11.0. The van der Waals surface area contributed by atoms with Gasteiger partial charge in [0.1, 0.15) is 10.7 Å². The largest absolute Gasteiger partial charge is 0.306 e. The molecule has 0 fully saturated rings. The maximum Gasteiger partial charge on any atom is 0.268 e. The Morgan fingerprint density at radius 3 is 3.00 bits per heavy atom. The van der Waals surface area contributed by atoms with E-state index in [1.165, 1.54) is 11.3 Å². The summed E-state index contributed by atoms with van der Waals surface area (Å²) in [5, 5.41) is 11.4. The first kappa shape index (κ1) is 14.4. The summed E-state index contributed by atoms with van der Waals surface area (Å²) < 4.78 is 0.887. The fourth-order valence-electron chi connectivity index (χ4n) is 2.04. The number of amides is 1. The van der Waals surface area contributed by atoms with Crippen molar-refractivity contribution >= 4 is 56.3 Å². The highest BCUT2D eigenvalue weighted by Crippen LogP contribution is 2.37. The fourth-order valence-corrected chi connectivity index (χ4v) is 3.73. The molecule has 3 rings (SSSR count). The van der Waals surface area contributed by atoms with Gasteiger partial charge >= 0.3 is 0 Å². The number of hydrogen-bond donors (Lipinski definition) is 2. The van der Waals surface area contributed by atoms with Gasteiger partial charge in [-0.2, -0.15) is 5.10 Å². The third-order valence-corrected chi connectivity index (χ3v) is 5.03. The lowest BCUT2D eigenvalue weighted by Gasteiger charge is -2.03. The van der Waals surface area contributed by atoms with Gasteiger partial charge in [0.05, 0.1) is 11.2 Å². The van der Waals surface area contributed by atoms with E-state index in [4.69, 9.17) is 23.2 Å². The van der Waals surface area contributed by atoms with Crippen LogP contribution in [0.15, 0.2) is 24.4 Å². The summed E-state index contributed by atoms with van der Waals surface area (Å²) in [5.74, 6) is 0.352. The summed E-state index contributed by atoms with van der Waals surface area (Å²) in [4.78, 5) is 12.9. The molecule has 3 aromatic rings. The van der Waals surface area contributed by atoms with Gasteiger partial charge in [-0.05, 0) is 18.6 Å². The minimum Gasteiger partial charge on any atom is -0.306 e. The monoisotopic (exact) mass is 339 g/mol.